The molecule has 2 N–H and O–H groups in total. The molecule has 9 nitrogen and oxygen atoms in total. The molecule has 0 saturated carbocycles. The van der Waals surface area contributed by atoms with E-state index in [1.807, 2.05) is 95.3 Å². The molecule has 0 aliphatic carbocycles. The highest BCUT2D eigenvalue weighted by Gasteiger charge is 2.20. The second-order valence-electron chi connectivity index (χ2n) is 13.1. The smallest absolute Gasteiger partial charge is 0.255 e. The number of carbonyl (C=O) groups excluding carboxylic acids is 2. The Balaban J connectivity index is 1.22. The van der Waals surface area contributed by atoms with Gasteiger partial charge in [0, 0.05) is 67.3 Å². The van der Waals surface area contributed by atoms with E-state index in [-0.39, 0.29) is 17.2 Å². The van der Waals surface area contributed by atoms with Crippen molar-refractivity contribution in [2.75, 3.05) is 43.9 Å². The first-order valence-corrected chi connectivity index (χ1v) is 15.7. The lowest BCUT2D eigenvalue weighted by Crippen LogP contribution is -2.47. The molecule has 1 aliphatic heterocycles. The molecule has 1 fully saturated rings. The van der Waals surface area contributed by atoms with E-state index in [9.17, 15) is 9.59 Å². The topological polar surface area (TPSA) is 94.9 Å². The molecule has 2 aromatic heterocycles. The summed E-state index contributed by atoms with van der Waals surface area (Å²) in [6.45, 7) is 11.8. The average molecular weight is 616 g/mol. The monoisotopic (exact) mass is 615 g/mol. The first kappa shape index (κ1) is 31.0. The van der Waals surface area contributed by atoms with Crippen LogP contribution in [-0.4, -0.2) is 69.2 Å². The van der Waals surface area contributed by atoms with E-state index in [1.165, 1.54) is 5.56 Å². The van der Waals surface area contributed by atoms with Gasteiger partial charge in [-0.05, 0) is 66.4 Å². The third-order valence-electron chi connectivity index (χ3n) is 8.57. The Morgan fingerprint density at radius 1 is 0.935 bits per heavy atom. The number of amides is 2. The molecule has 9 heteroatoms. The Hall–Kier alpha value is -5.02. The number of nitrogens with zero attached hydrogens (tertiary/aromatic N) is 5. The SMILES string of the molecule is Cc1ccc(-c2cn3ccnc3c(Nc3cccc(CC(=O)N4CCN(C)CC4)c3)n2)cc1NC(=O)c1ccc(C(C)(C)C)cc1. The number of rotatable bonds is 7. The normalized spacial score (nSPS) is 14.0. The average Bonchev–Trinajstić information content (AvgIpc) is 3.51. The van der Waals surface area contributed by atoms with Gasteiger partial charge in [0.25, 0.3) is 5.91 Å². The lowest BCUT2D eigenvalue weighted by atomic mass is 9.86. The number of nitrogens with one attached hydrogen (secondary N) is 2. The van der Waals surface area contributed by atoms with Crippen molar-refractivity contribution in [3.63, 3.8) is 0 Å². The van der Waals surface area contributed by atoms with Gasteiger partial charge in [-0.15, -0.1) is 0 Å². The van der Waals surface area contributed by atoms with Crippen LogP contribution in [0, 0.1) is 6.92 Å². The van der Waals surface area contributed by atoms with Crippen LogP contribution in [0.15, 0.2) is 85.3 Å². The second kappa shape index (κ2) is 12.8. The minimum atomic E-state index is -0.160. The van der Waals surface area contributed by atoms with Gasteiger partial charge in [-0.25, -0.2) is 9.97 Å². The highest BCUT2D eigenvalue weighted by Crippen LogP contribution is 2.29. The van der Waals surface area contributed by atoms with Crippen molar-refractivity contribution in [2.45, 2.75) is 39.5 Å². The number of aromatic nitrogens is 3. The molecule has 0 spiro atoms. The number of carbonyl (C=O) groups is 2. The number of hydrogen-bond donors (Lipinski definition) is 2. The lowest BCUT2D eigenvalue weighted by molar-refractivity contribution is -0.132. The Morgan fingerprint density at radius 3 is 2.43 bits per heavy atom. The minimum absolute atomic E-state index is 0.0173. The number of hydrogen-bond acceptors (Lipinski definition) is 6. The molecule has 0 atom stereocenters. The number of imidazole rings is 1. The maximum absolute atomic E-state index is 13.2. The van der Waals surface area contributed by atoms with Crippen molar-refractivity contribution in [1.82, 2.24) is 24.2 Å². The molecule has 3 aromatic carbocycles. The van der Waals surface area contributed by atoms with Crippen LogP contribution in [0.4, 0.5) is 17.2 Å². The number of aryl methyl sites for hydroxylation is 1. The van der Waals surface area contributed by atoms with Crippen molar-refractivity contribution in [3.05, 3.63) is 108 Å². The van der Waals surface area contributed by atoms with E-state index in [0.717, 1.165) is 59.9 Å². The summed E-state index contributed by atoms with van der Waals surface area (Å²) in [4.78, 5) is 39.8. The van der Waals surface area contributed by atoms with Crippen molar-refractivity contribution >= 4 is 34.7 Å². The van der Waals surface area contributed by atoms with Gasteiger partial charge in [-0.3, -0.25) is 9.59 Å². The molecule has 1 saturated heterocycles. The Morgan fingerprint density at radius 2 is 1.70 bits per heavy atom. The molecule has 46 heavy (non-hydrogen) atoms. The molecule has 1 aliphatic rings. The first-order valence-electron chi connectivity index (χ1n) is 15.7. The number of anilines is 3. The van der Waals surface area contributed by atoms with Crippen LogP contribution in [0.3, 0.4) is 0 Å². The maximum atomic E-state index is 13.2. The molecular formula is C37H41N7O2. The van der Waals surface area contributed by atoms with Crippen LogP contribution >= 0.6 is 0 Å². The Kier molecular flexibility index (Phi) is 8.60. The van der Waals surface area contributed by atoms with E-state index in [0.29, 0.717) is 23.4 Å². The summed E-state index contributed by atoms with van der Waals surface area (Å²) in [7, 11) is 2.08. The van der Waals surface area contributed by atoms with Gasteiger partial charge in [-0.1, -0.05) is 57.2 Å². The van der Waals surface area contributed by atoms with Crippen LogP contribution in [-0.2, 0) is 16.6 Å². The summed E-state index contributed by atoms with van der Waals surface area (Å²) in [6.07, 6.45) is 5.90. The van der Waals surface area contributed by atoms with E-state index >= 15 is 0 Å². The van der Waals surface area contributed by atoms with Gasteiger partial charge in [0.05, 0.1) is 12.1 Å². The van der Waals surface area contributed by atoms with Crippen LogP contribution in [0.25, 0.3) is 16.9 Å². The van der Waals surface area contributed by atoms with Gasteiger partial charge in [-0.2, -0.15) is 0 Å². The van der Waals surface area contributed by atoms with Crippen molar-refractivity contribution < 1.29 is 9.59 Å². The van der Waals surface area contributed by atoms with Gasteiger partial charge in [0.2, 0.25) is 5.91 Å². The van der Waals surface area contributed by atoms with Crippen LogP contribution in [0.5, 0.6) is 0 Å². The molecule has 0 unspecified atom stereocenters. The van der Waals surface area contributed by atoms with Gasteiger partial charge < -0.3 is 24.8 Å². The number of benzene rings is 3. The fourth-order valence-electron chi connectivity index (χ4n) is 5.62. The molecule has 0 radical (unpaired) electrons. The molecular weight excluding hydrogens is 574 g/mol. The molecule has 5 aromatic rings. The molecule has 6 rings (SSSR count). The van der Waals surface area contributed by atoms with Crippen molar-refractivity contribution in [1.29, 1.82) is 0 Å². The zero-order valence-electron chi connectivity index (χ0n) is 27.2. The number of likely N-dealkylation sites (N-methyl/N-ethyl adjacent to an activating group) is 1. The van der Waals surface area contributed by atoms with E-state index in [4.69, 9.17) is 4.98 Å². The van der Waals surface area contributed by atoms with E-state index in [2.05, 4.69) is 48.3 Å². The minimum Gasteiger partial charge on any atom is -0.340 e. The van der Waals surface area contributed by atoms with Crippen molar-refractivity contribution in [2.24, 2.45) is 0 Å². The third-order valence-corrected chi connectivity index (χ3v) is 8.57. The van der Waals surface area contributed by atoms with Crippen LogP contribution < -0.4 is 10.6 Å². The van der Waals surface area contributed by atoms with Crippen molar-refractivity contribution in [3.8, 4) is 11.3 Å². The van der Waals surface area contributed by atoms with Gasteiger partial charge in [0.1, 0.15) is 0 Å². The predicted octanol–water partition coefficient (Wildman–Crippen LogP) is 6.31. The first-order chi connectivity index (χ1) is 22.0. The number of fused-ring (bicyclic) bond motifs is 1. The summed E-state index contributed by atoms with van der Waals surface area (Å²) in [5.74, 6) is 0.576. The molecule has 2 amide bonds. The lowest BCUT2D eigenvalue weighted by Gasteiger charge is -2.32. The summed E-state index contributed by atoms with van der Waals surface area (Å²) in [5.41, 5.74) is 7.51. The quantitative estimate of drug-likeness (QED) is 0.223. The summed E-state index contributed by atoms with van der Waals surface area (Å²) in [5, 5.41) is 6.54. The highest BCUT2D eigenvalue weighted by molar-refractivity contribution is 6.05. The zero-order chi connectivity index (χ0) is 32.4. The van der Waals surface area contributed by atoms with E-state index < -0.39 is 0 Å². The van der Waals surface area contributed by atoms with Gasteiger partial charge in [0.15, 0.2) is 11.5 Å². The Bertz CT molecular complexity index is 1880. The second-order valence-corrected chi connectivity index (χ2v) is 13.1. The predicted molar refractivity (Wildman–Crippen MR) is 184 cm³/mol. The zero-order valence-corrected chi connectivity index (χ0v) is 27.2. The molecule has 236 valence electrons. The summed E-state index contributed by atoms with van der Waals surface area (Å²) < 4.78 is 1.93. The number of piperazine rings is 1. The highest BCUT2D eigenvalue weighted by atomic mass is 16.2. The summed E-state index contributed by atoms with van der Waals surface area (Å²) >= 11 is 0. The van der Waals surface area contributed by atoms with Gasteiger partial charge >= 0.3 is 0 Å². The van der Waals surface area contributed by atoms with Crippen LogP contribution in [0.1, 0.15) is 47.8 Å². The van der Waals surface area contributed by atoms with Crippen LogP contribution in [0.2, 0.25) is 0 Å². The standard InChI is InChI=1S/C37H41N7O2/c1-25-9-10-28(23-31(25)41-36(46)27-11-13-29(14-12-27)37(2,3)4)32-24-44-16-15-38-35(44)34(40-32)39-30-8-6-7-26(21-30)22-33(45)43-19-17-42(5)18-20-43/h6-16,21,23-24H,17-20,22H2,1-5H3,(H,39,40)(H,41,46). The molecule has 0 bridgehead atoms. The third kappa shape index (κ3) is 6.94. The largest absolute Gasteiger partial charge is 0.340 e. The fourth-order valence-corrected chi connectivity index (χ4v) is 5.62. The Labute approximate surface area is 270 Å². The summed E-state index contributed by atoms with van der Waals surface area (Å²) in [6, 6.07) is 21.6. The fraction of sp³-hybridized carbons (Fsp3) is 0.297. The maximum Gasteiger partial charge on any atom is 0.255 e. The molecule has 3 heterocycles. The van der Waals surface area contributed by atoms with E-state index in [1.54, 1.807) is 6.20 Å².